The normalized spacial score (nSPS) is 23.0. The van der Waals surface area contributed by atoms with Crippen LogP contribution in [-0.2, 0) is 14.3 Å². The van der Waals surface area contributed by atoms with E-state index in [-0.39, 0.29) is 29.3 Å². The van der Waals surface area contributed by atoms with E-state index in [0.29, 0.717) is 31.9 Å². The second kappa shape index (κ2) is 8.37. The van der Waals surface area contributed by atoms with Crippen LogP contribution >= 0.6 is 0 Å². The number of piperidine rings is 2. The highest BCUT2D eigenvalue weighted by Crippen LogP contribution is 2.31. The molecule has 2 unspecified atom stereocenters. The summed E-state index contributed by atoms with van der Waals surface area (Å²) in [7, 11) is 1.30. The van der Waals surface area contributed by atoms with Gasteiger partial charge in [0.15, 0.2) is 12.1 Å². The fourth-order valence-corrected chi connectivity index (χ4v) is 3.95. The molecule has 0 N–H and O–H groups in total. The van der Waals surface area contributed by atoms with Gasteiger partial charge in [-0.1, -0.05) is 6.58 Å². The zero-order valence-corrected chi connectivity index (χ0v) is 15.6. The Morgan fingerprint density at radius 3 is 2.70 bits per heavy atom. The largest absolute Gasteiger partial charge is 0.464 e. The minimum atomic E-state index is -0.534. The Morgan fingerprint density at radius 2 is 1.96 bits per heavy atom. The van der Waals surface area contributed by atoms with Crippen LogP contribution in [-0.4, -0.2) is 65.9 Å². The van der Waals surface area contributed by atoms with E-state index in [1.807, 2.05) is 4.90 Å². The number of likely N-dealkylation sites (tertiary alicyclic amines) is 2. The zero-order valence-electron chi connectivity index (χ0n) is 15.6. The summed E-state index contributed by atoms with van der Waals surface area (Å²) in [4.78, 5) is 44.2. The first-order valence-electron chi connectivity index (χ1n) is 9.27. The first-order chi connectivity index (χ1) is 13.0. The summed E-state index contributed by atoms with van der Waals surface area (Å²) in [6.07, 6.45) is 5.75. The summed E-state index contributed by atoms with van der Waals surface area (Å²) < 4.78 is 10.2. The van der Waals surface area contributed by atoms with E-state index < -0.39 is 5.97 Å². The van der Waals surface area contributed by atoms with Crippen molar-refractivity contribution in [1.82, 2.24) is 14.8 Å². The van der Waals surface area contributed by atoms with E-state index in [0.717, 1.165) is 25.7 Å². The van der Waals surface area contributed by atoms with Crippen LogP contribution in [0, 0.1) is 5.92 Å². The standard InChI is InChI=1S/C19H25N3O5/c1-3-15(23)21-8-5-7-14(11-21)18(24)22-9-4-6-13(10-22)17-16(19(25)26-2)20-12-27-17/h3,12-14H,1,4-11H2,2H3. The molecule has 8 heteroatoms. The molecule has 2 atom stereocenters. The Balaban J connectivity index is 1.68. The van der Waals surface area contributed by atoms with Crippen molar-refractivity contribution in [2.24, 2.45) is 5.92 Å². The minimum Gasteiger partial charge on any atom is -0.464 e. The molecule has 146 valence electrons. The molecular formula is C19H25N3O5. The lowest BCUT2D eigenvalue weighted by molar-refractivity contribution is -0.140. The number of methoxy groups -OCH3 is 1. The Kier molecular flexibility index (Phi) is 5.93. The van der Waals surface area contributed by atoms with Crippen LogP contribution in [0.2, 0.25) is 0 Å². The van der Waals surface area contributed by atoms with Gasteiger partial charge in [-0.2, -0.15) is 0 Å². The quantitative estimate of drug-likeness (QED) is 0.586. The van der Waals surface area contributed by atoms with E-state index in [1.165, 1.54) is 19.6 Å². The Hall–Kier alpha value is -2.64. The molecule has 1 aromatic rings. The zero-order chi connectivity index (χ0) is 19.4. The van der Waals surface area contributed by atoms with Crippen molar-refractivity contribution in [3.8, 4) is 0 Å². The number of aromatic nitrogens is 1. The maximum Gasteiger partial charge on any atom is 0.360 e. The van der Waals surface area contributed by atoms with Gasteiger partial charge in [-0.05, 0) is 31.8 Å². The monoisotopic (exact) mass is 375 g/mol. The summed E-state index contributed by atoms with van der Waals surface area (Å²) in [6, 6.07) is 0. The average molecular weight is 375 g/mol. The van der Waals surface area contributed by atoms with Gasteiger partial charge in [0, 0.05) is 32.1 Å². The number of carbonyl (C=O) groups excluding carboxylic acids is 3. The summed E-state index contributed by atoms with van der Waals surface area (Å²) >= 11 is 0. The molecule has 2 aliphatic rings. The van der Waals surface area contributed by atoms with Crippen molar-refractivity contribution in [3.63, 3.8) is 0 Å². The van der Waals surface area contributed by atoms with Crippen LogP contribution in [0.4, 0.5) is 0 Å². The fourth-order valence-electron chi connectivity index (χ4n) is 3.95. The molecule has 1 aromatic heterocycles. The van der Waals surface area contributed by atoms with Gasteiger partial charge in [0.2, 0.25) is 11.8 Å². The van der Waals surface area contributed by atoms with Crippen LogP contribution in [0.5, 0.6) is 0 Å². The van der Waals surface area contributed by atoms with E-state index in [4.69, 9.17) is 9.15 Å². The van der Waals surface area contributed by atoms with Crippen LogP contribution < -0.4 is 0 Å². The number of rotatable bonds is 4. The van der Waals surface area contributed by atoms with Crippen LogP contribution in [0.3, 0.4) is 0 Å². The third-order valence-electron chi connectivity index (χ3n) is 5.33. The molecule has 2 fully saturated rings. The van der Waals surface area contributed by atoms with Crippen LogP contribution in [0.1, 0.15) is 47.8 Å². The third-order valence-corrected chi connectivity index (χ3v) is 5.33. The van der Waals surface area contributed by atoms with Crippen molar-refractivity contribution in [2.45, 2.75) is 31.6 Å². The van der Waals surface area contributed by atoms with Crippen LogP contribution in [0.25, 0.3) is 0 Å². The van der Waals surface area contributed by atoms with E-state index in [2.05, 4.69) is 11.6 Å². The number of nitrogens with zero attached hydrogens (tertiary/aromatic N) is 3. The van der Waals surface area contributed by atoms with Gasteiger partial charge in [0.25, 0.3) is 0 Å². The lowest BCUT2D eigenvalue weighted by Crippen LogP contribution is -2.48. The minimum absolute atomic E-state index is 0.0559. The second-order valence-corrected chi connectivity index (χ2v) is 7.01. The van der Waals surface area contributed by atoms with E-state index >= 15 is 0 Å². The summed E-state index contributed by atoms with van der Waals surface area (Å²) in [5.41, 5.74) is 0.178. The van der Waals surface area contributed by atoms with Gasteiger partial charge < -0.3 is 19.0 Å². The fraction of sp³-hybridized carbons (Fsp3) is 0.579. The maximum atomic E-state index is 13.0. The number of hydrogen-bond acceptors (Lipinski definition) is 6. The number of carbonyl (C=O) groups is 3. The molecule has 3 rings (SSSR count). The van der Waals surface area contributed by atoms with E-state index in [1.54, 1.807) is 4.90 Å². The van der Waals surface area contributed by atoms with Crippen molar-refractivity contribution in [1.29, 1.82) is 0 Å². The average Bonchev–Trinajstić information content (AvgIpc) is 3.22. The molecule has 0 spiro atoms. The van der Waals surface area contributed by atoms with Gasteiger partial charge in [0.05, 0.1) is 13.0 Å². The predicted molar refractivity (Wildman–Crippen MR) is 95.9 cm³/mol. The molecule has 0 bridgehead atoms. The Morgan fingerprint density at radius 1 is 1.22 bits per heavy atom. The second-order valence-electron chi connectivity index (χ2n) is 7.01. The molecule has 8 nitrogen and oxygen atoms in total. The molecule has 0 aromatic carbocycles. The summed E-state index contributed by atoms with van der Waals surface area (Å²) in [5.74, 6) is -0.418. The number of oxazole rings is 1. The van der Waals surface area contributed by atoms with Gasteiger partial charge in [-0.25, -0.2) is 9.78 Å². The number of ether oxygens (including phenoxy) is 1. The third kappa shape index (κ3) is 4.04. The molecule has 3 heterocycles. The van der Waals surface area contributed by atoms with Crippen LogP contribution in [0.15, 0.2) is 23.5 Å². The molecular weight excluding hydrogens is 350 g/mol. The Labute approximate surface area is 158 Å². The lowest BCUT2D eigenvalue weighted by Gasteiger charge is -2.37. The van der Waals surface area contributed by atoms with Crippen molar-refractivity contribution >= 4 is 17.8 Å². The first-order valence-corrected chi connectivity index (χ1v) is 9.27. The maximum absolute atomic E-state index is 13.0. The van der Waals surface area contributed by atoms with Gasteiger partial charge >= 0.3 is 5.97 Å². The molecule has 2 aliphatic heterocycles. The lowest BCUT2D eigenvalue weighted by atomic mass is 9.91. The smallest absolute Gasteiger partial charge is 0.360 e. The highest BCUT2D eigenvalue weighted by Gasteiger charge is 2.35. The van der Waals surface area contributed by atoms with Crippen molar-refractivity contribution < 1.29 is 23.5 Å². The molecule has 0 saturated carbocycles. The topological polar surface area (TPSA) is 93.0 Å². The van der Waals surface area contributed by atoms with Gasteiger partial charge in [0.1, 0.15) is 5.76 Å². The van der Waals surface area contributed by atoms with Gasteiger partial charge in [-0.15, -0.1) is 0 Å². The predicted octanol–water partition coefficient (Wildman–Crippen LogP) is 1.59. The van der Waals surface area contributed by atoms with E-state index in [9.17, 15) is 14.4 Å². The first kappa shape index (κ1) is 19.1. The summed E-state index contributed by atoms with van der Waals surface area (Å²) in [6.45, 7) is 5.76. The highest BCUT2D eigenvalue weighted by atomic mass is 16.5. The van der Waals surface area contributed by atoms with Crippen molar-refractivity contribution in [3.05, 3.63) is 30.5 Å². The SMILES string of the molecule is C=CC(=O)N1CCCC(C(=O)N2CCCC(c3ocnc3C(=O)OC)C2)C1. The van der Waals surface area contributed by atoms with Crippen molar-refractivity contribution in [2.75, 3.05) is 33.3 Å². The molecule has 2 saturated heterocycles. The molecule has 27 heavy (non-hydrogen) atoms. The Bertz CT molecular complexity index is 729. The number of amides is 2. The highest BCUT2D eigenvalue weighted by molar-refractivity contribution is 5.89. The number of esters is 1. The molecule has 0 radical (unpaired) electrons. The van der Waals surface area contributed by atoms with Gasteiger partial charge in [-0.3, -0.25) is 9.59 Å². The summed E-state index contributed by atoms with van der Waals surface area (Å²) in [5, 5.41) is 0. The molecule has 0 aliphatic carbocycles. The number of hydrogen-bond donors (Lipinski definition) is 0. The molecule has 2 amide bonds.